The van der Waals surface area contributed by atoms with Crippen molar-refractivity contribution in [3.8, 4) is 0 Å². The minimum absolute atomic E-state index is 0.223. The molecule has 0 aliphatic carbocycles. The molecule has 2 atom stereocenters. The zero-order valence-corrected chi connectivity index (χ0v) is 24.4. The van der Waals surface area contributed by atoms with Crippen LogP contribution in [0.4, 0.5) is 0 Å². The molecule has 0 spiro atoms. The monoisotopic (exact) mass is 547 g/mol. The van der Waals surface area contributed by atoms with Crippen molar-refractivity contribution >= 4 is 23.9 Å². The third-order valence-electron chi connectivity index (χ3n) is 8.19. The molecule has 1 aromatic heterocycles. The van der Waals surface area contributed by atoms with Gasteiger partial charge in [-0.15, -0.1) is 0 Å². The van der Waals surface area contributed by atoms with Gasteiger partial charge in [-0.05, 0) is 82.2 Å². The molecule has 2 saturated heterocycles. The summed E-state index contributed by atoms with van der Waals surface area (Å²) < 4.78 is 0. The van der Waals surface area contributed by atoms with Gasteiger partial charge in [0.2, 0.25) is 18.2 Å². The summed E-state index contributed by atoms with van der Waals surface area (Å²) >= 11 is 0. The second-order valence-corrected chi connectivity index (χ2v) is 11.0. The highest BCUT2D eigenvalue weighted by molar-refractivity contribution is 6.00. The second-order valence-electron chi connectivity index (χ2n) is 11.0. The molecule has 2 aliphatic heterocycles. The molecular formula is C32H45N5O3. The van der Waals surface area contributed by atoms with Crippen LogP contribution >= 0.6 is 0 Å². The van der Waals surface area contributed by atoms with E-state index in [0.717, 1.165) is 69.5 Å². The van der Waals surface area contributed by atoms with E-state index < -0.39 is 5.91 Å². The van der Waals surface area contributed by atoms with E-state index in [0.29, 0.717) is 29.5 Å². The molecule has 4 rings (SSSR count). The number of pyridine rings is 1. The van der Waals surface area contributed by atoms with Gasteiger partial charge >= 0.3 is 0 Å². The van der Waals surface area contributed by atoms with E-state index in [4.69, 9.17) is 5.73 Å². The largest absolute Gasteiger partial charge is 0.366 e. The predicted octanol–water partition coefficient (Wildman–Crippen LogP) is 4.29. The molecule has 0 bridgehead atoms. The van der Waals surface area contributed by atoms with Crippen molar-refractivity contribution in [1.82, 2.24) is 20.1 Å². The molecule has 1 aromatic carbocycles. The molecule has 2 aromatic rings. The Morgan fingerprint density at radius 2 is 1.80 bits per heavy atom. The Labute approximate surface area is 239 Å². The van der Waals surface area contributed by atoms with Crippen LogP contribution < -0.4 is 11.1 Å². The molecule has 2 aliphatic rings. The predicted molar refractivity (Wildman–Crippen MR) is 159 cm³/mol. The third-order valence-corrected chi connectivity index (χ3v) is 8.19. The van der Waals surface area contributed by atoms with Crippen LogP contribution in [0.5, 0.6) is 0 Å². The van der Waals surface area contributed by atoms with Gasteiger partial charge in [0, 0.05) is 37.0 Å². The van der Waals surface area contributed by atoms with Gasteiger partial charge in [0.05, 0.1) is 17.3 Å². The van der Waals surface area contributed by atoms with Crippen molar-refractivity contribution in [3.05, 3.63) is 71.1 Å². The molecule has 0 radical (unpaired) electrons. The van der Waals surface area contributed by atoms with Gasteiger partial charge < -0.3 is 20.9 Å². The number of nitrogens with one attached hydrogen (secondary N) is 1. The van der Waals surface area contributed by atoms with Crippen LogP contribution in [0, 0.1) is 5.92 Å². The number of carbonyl (C=O) groups excluding carboxylic acids is 3. The van der Waals surface area contributed by atoms with E-state index in [2.05, 4.69) is 64.4 Å². The van der Waals surface area contributed by atoms with Crippen molar-refractivity contribution in [2.45, 2.75) is 64.7 Å². The molecule has 2 fully saturated rings. The molecule has 216 valence electrons. The molecule has 3 heterocycles. The first-order valence-electron chi connectivity index (χ1n) is 14.4. The Kier molecular flexibility index (Phi) is 11.9. The molecule has 2 unspecified atom stereocenters. The fourth-order valence-corrected chi connectivity index (χ4v) is 5.57. The van der Waals surface area contributed by atoms with Gasteiger partial charge in [-0.3, -0.25) is 19.4 Å². The van der Waals surface area contributed by atoms with Crippen LogP contribution in [0.2, 0.25) is 0 Å². The lowest BCUT2D eigenvalue weighted by atomic mass is 9.88. The Morgan fingerprint density at radius 1 is 1.10 bits per heavy atom. The number of likely N-dealkylation sites (tertiary alicyclic amines) is 2. The van der Waals surface area contributed by atoms with Crippen LogP contribution in [-0.2, 0) is 14.4 Å². The van der Waals surface area contributed by atoms with Crippen molar-refractivity contribution in [1.29, 1.82) is 0 Å². The van der Waals surface area contributed by atoms with Crippen LogP contribution in [0.15, 0.2) is 54.2 Å². The van der Waals surface area contributed by atoms with Crippen molar-refractivity contribution < 1.29 is 14.4 Å². The first kappa shape index (κ1) is 31.0. The third kappa shape index (κ3) is 8.24. The van der Waals surface area contributed by atoms with Crippen molar-refractivity contribution in [2.75, 3.05) is 33.2 Å². The van der Waals surface area contributed by atoms with Gasteiger partial charge in [-0.25, -0.2) is 0 Å². The average Bonchev–Trinajstić information content (AvgIpc) is 2.99. The number of nitrogens with zero attached hydrogens (tertiary/aromatic N) is 3. The highest BCUT2D eigenvalue weighted by Gasteiger charge is 2.30. The van der Waals surface area contributed by atoms with E-state index in [-0.39, 0.29) is 11.8 Å². The summed E-state index contributed by atoms with van der Waals surface area (Å²) in [6, 6.07) is 14.3. The number of benzene rings is 1. The van der Waals surface area contributed by atoms with Gasteiger partial charge in [-0.2, -0.15) is 0 Å². The summed E-state index contributed by atoms with van der Waals surface area (Å²) in [7, 11) is 2.13. The fourth-order valence-electron chi connectivity index (χ4n) is 5.57. The maximum atomic E-state index is 12.6. The normalized spacial score (nSPS) is 19.5. The van der Waals surface area contributed by atoms with Gasteiger partial charge in [0.1, 0.15) is 0 Å². The smallest absolute Gasteiger partial charge is 0.246 e. The maximum absolute atomic E-state index is 12.6. The van der Waals surface area contributed by atoms with Gasteiger partial charge in [0.15, 0.2) is 0 Å². The summed E-state index contributed by atoms with van der Waals surface area (Å²) in [6.45, 7) is 9.63. The molecule has 3 amide bonds. The Balaban J connectivity index is 0.000000222. The summed E-state index contributed by atoms with van der Waals surface area (Å²) in [5, 5.41) is 2.56. The lowest BCUT2D eigenvalue weighted by Gasteiger charge is -2.37. The van der Waals surface area contributed by atoms with E-state index in [1.807, 2.05) is 13.0 Å². The Morgan fingerprint density at radius 3 is 2.40 bits per heavy atom. The van der Waals surface area contributed by atoms with Gasteiger partial charge in [0.25, 0.3) is 0 Å². The molecule has 0 saturated carbocycles. The number of nitrogens with two attached hydrogens (primary N) is 1. The summed E-state index contributed by atoms with van der Waals surface area (Å²) in [6.07, 6.45) is 7.60. The van der Waals surface area contributed by atoms with Crippen molar-refractivity contribution in [2.24, 2.45) is 11.7 Å². The summed E-state index contributed by atoms with van der Waals surface area (Å²) in [4.78, 5) is 43.5. The lowest BCUT2D eigenvalue weighted by molar-refractivity contribution is -0.138. The summed E-state index contributed by atoms with van der Waals surface area (Å²) in [5.74, 6) is 0.915. The number of carbonyl (C=O) groups is 3. The number of hydrogen-bond acceptors (Lipinski definition) is 5. The van der Waals surface area contributed by atoms with Crippen LogP contribution in [0.1, 0.15) is 81.5 Å². The standard InChI is InChI=1S/C18H26N2O.C14H19N3O2/c1-19-11-5-8-17(14-19)18(21)20-12-9-16(10-13-20)15-6-3-2-4-7-15;1-4-9(2)12-11(6-5-7-16-12)13(17-8-18)10(3)14(15)19/h2-4,6-7,16-17H,5,8-14H2,1H3;5-9H,4H2,1-3H3,(H2,15,19)(H,17,18)/b;13-10-. The second kappa shape index (κ2) is 15.3. The average molecular weight is 548 g/mol. The van der Waals surface area contributed by atoms with E-state index in [1.54, 1.807) is 19.2 Å². The zero-order chi connectivity index (χ0) is 29.1. The molecule has 40 heavy (non-hydrogen) atoms. The molecule has 8 heteroatoms. The number of aromatic nitrogens is 1. The van der Waals surface area contributed by atoms with Crippen molar-refractivity contribution in [3.63, 3.8) is 0 Å². The van der Waals surface area contributed by atoms with Crippen LogP contribution in [0.25, 0.3) is 5.70 Å². The molecule has 8 nitrogen and oxygen atoms in total. The zero-order valence-electron chi connectivity index (χ0n) is 24.4. The van der Waals surface area contributed by atoms with E-state index >= 15 is 0 Å². The number of rotatable bonds is 8. The van der Waals surface area contributed by atoms with Crippen LogP contribution in [-0.4, -0.2) is 66.2 Å². The van der Waals surface area contributed by atoms with Crippen LogP contribution in [0.3, 0.4) is 0 Å². The van der Waals surface area contributed by atoms with Gasteiger partial charge in [-0.1, -0.05) is 44.2 Å². The fraction of sp³-hybridized carbons (Fsp3) is 0.500. The highest BCUT2D eigenvalue weighted by Crippen LogP contribution is 2.29. The Bertz CT molecular complexity index is 1160. The van der Waals surface area contributed by atoms with E-state index in [1.165, 1.54) is 5.56 Å². The SMILES string of the molecule is CCC(C)c1ncccc1/C(NC=O)=C(\C)C(N)=O.CN1CCCC(C(=O)N2CCC(c3ccccc3)CC2)C1. The highest BCUT2D eigenvalue weighted by atomic mass is 16.2. The van der Waals surface area contributed by atoms with E-state index in [9.17, 15) is 14.4 Å². The minimum Gasteiger partial charge on any atom is -0.366 e. The number of amides is 3. The maximum Gasteiger partial charge on any atom is 0.246 e. The first-order valence-corrected chi connectivity index (χ1v) is 14.4. The quantitative estimate of drug-likeness (QED) is 0.379. The Hall–Kier alpha value is -3.52. The first-order chi connectivity index (χ1) is 19.3. The number of hydrogen-bond donors (Lipinski definition) is 2. The molecule has 3 N–H and O–H groups in total. The minimum atomic E-state index is -0.566. The number of primary amides is 1. The lowest BCUT2D eigenvalue weighted by Crippen LogP contribution is -2.46. The number of piperidine rings is 2. The topological polar surface area (TPSA) is 109 Å². The summed E-state index contributed by atoms with van der Waals surface area (Å²) in [5.41, 5.74) is 9.03. The molecular weight excluding hydrogens is 502 g/mol.